The largest absolute Gasteiger partial charge is 0.416 e. The average Bonchev–Trinajstić information content (AvgIpc) is 3.52. The molecule has 34 heavy (non-hydrogen) atoms. The molecule has 1 fully saturated rings. The average molecular weight is 480 g/mol. The Bertz CT molecular complexity index is 1050. The standard InChI is InChI=1S/C23H27F3N4O4/c24-23(25,26)18-7-3-6-16-17(18)12-30(22(16)34)19(10-14-4-1-2-5-14)21(33)27-20-8-9-29(28-20)11-15(32)13-31/h3,6-9,14-15,19,31-32H,1-2,4-5,10-13H2,(H,27,28,33)/t15-,19+/m1/s1. The Morgan fingerprint density at radius 1 is 1.24 bits per heavy atom. The zero-order chi connectivity index (χ0) is 24.5. The van der Waals surface area contributed by atoms with E-state index in [0.717, 1.165) is 31.7 Å². The lowest BCUT2D eigenvalue weighted by Gasteiger charge is -2.29. The summed E-state index contributed by atoms with van der Waals surface area (Å²) in [4.78, 5) is 27.6. The lowest BCUT2D eigenvalue weighted by molar-refractivity contribution is -0.138. The molecule has 1 aromatic carbocycles. The summed E-state index contributed by atoms with van der Waals surface area (Å²) in [6, 6.07) is 4.09. The Hall–Kier alpha value is -2.92. The number of benzene rings is 1. The van der Waals surface area contributed by atoms with E-state index < -0.39 is 42.3 Å². The van der Waals surface area contributed by atoms with E-state index in [0.29, 0.717) is 6.42 Å². The van der Waals surface area contributed by atoms with Crippen molar-refractivity contribution in [2.24, 2.45) is 5.92 Å². The summed E-state index contributed by atoms with van der Waals surface area (Å²) in [7, 11) is 0. The molecule has 2 atom stereocenters. The van der Waals surface area contributed by atoms with Gasteiger partial charge in [-0.3, -0.25) is 14.3 Å². The molecule has 184 valence electrons. The van der Waals surface area contributed by atoms with Crippen molar-refractivity contribution < 1.29 is 33.0 Å². The van der Waals surface area contributed by atoms with Crippen LogP contribution in [-0.2, 0) is 24.1 Å². The Morgan fingerprint density at radius 3 is 2.65 bits per heavy atom. The van der Waals surface area contributed by atoms with Crippen molar-refractivity contribution in [2.75, 3.05) is 11.9 Å². The van der Waals surface area contributed by atoms with Crippen molar-refractivity contribution in [1.29, 1.82) is 0 Å². The van der Waals surface area contributed by atoms with Gasteiger partial charge in [-0.05, 0) is 30.0 Å². The highest BCUT2D eigenvalue weighted by Crippen LogP contribution is 2.39. The normalized spacial score (nSPS) is 18.3. The van der Waals surface area contributed by atoms with E-state index in [-0.39, 0.29) is 36.0 Å². The van der Waals surface area contributed by atoms with Gasteiger partial charge in [-0.15, -0.1) is 0 Å². The van der Waals surface area contributed by atoms with Crippen LogP contribution in [0.25, 0.3) is 0 Å². The van der Waals surface area contributed by atoms with Gasteiger partial charge in [0.25, 0.3) is 5.91 Å². The molecule has 1 saturated carbocycles. The molecule has 0 bridgehead atoms. The van der Waals surface area contributed by atoms with Crippen molar-refractivity contribution in [1.82, 2.24) is 14.7 Å². The molecular formula is C23H27F3N4O4. The monoisotopic (exact) mass is 480 g/mol. The lowest BCUT2D eigenvalue weighted by Crippen LogP contribution is -2.45. The molecule has 0 spiro atoms. The molecule has 0 saturated heterocycles. The molecule has 1 aliphatic carbocycles. The van der Waals surface area contributed by atoms with E-state index in [2.05, 4.69) is 10.4 Å². The van der Waals surface area contributed by atoms with Crippen LogP contribution in [0.1, 0.15) is 53.6 Å². The number of nitrogens with zero attached hydrogens (tertiary/aromatic N) is 3. The number of rotatable bonds is 8. The summed E-state index contributed by atoms with van der Waals surface area (Å²) in [5.41, 5.74) is -0.991. The molecule has 0 radical (unpaired) electrons. The molecule has 2 heterocycles. The van der Waals surface area contributed by atoms with Gasteiger partial charge in [0.2, 0.25) is 5.91 Å². The van der Waals surface area contributed by atoms with Crippen LogP contribution in [0, 0.1) is 5.92 Å². The highest BCUT2D eigenvalue weighted by atomic mass is 19.4. The molecule has 2 aromatic rings. The van der Waals surface area contributed by atoms with Gasteiger partial charge >= 0.3 is 6.18 Å². The third-order valence-electron chi connectivity index (χ3n) is 6.51. The molecule has 8 nitrogen and oxygen atoms in total. The van der Waals surface area contributed by atoms with Crippen molar-refractivity contribution in [2.45, 2.75) is 63.5 Å². The molecule has 4 rings (SSSR count). The number of amides is 2. The Labute approximate surface area is 194 Å². The van der Waals surface area contributed by atoms with Crippen LogP contribution in [0.15, 0.2) is 30.5 Å². The minimum Gasteiger partial charge on any atom is -0.394 e. The number of carbonyl (C=O) groups excluding carboxylic acids is 2. The summed E-state index contributed by atoms with van der Waals surface area (Å²) in [5.74, 6) is -0.719. The number of halogens is 3. The van der Waals surface area contributed by atoms with E-state index in [1.54, 1.807) is 0 Å². The number of nitrogens with one attached hydrogen (secondary N) is 1. The van der Waals surface area contributed by atoms with Crippen molar-refractivity contribution in [3.05, 3.63) is 47.2 Å². The topological polar surface area (TPSA) is 108 Å². The number of aliphatic hydroxyl groups excluding tert-OH is 2. The van der Waals surface area contributed by atoms with E-state index in [9.17, 15) is 27.9 Å². The van der Waals surface area contributed by atoms with E-state index in [1.165, 1.54) is 34.0 Å². The minimum atomic E-state index is -4.60. The van der Waals surface area contributed by atoms with Crippen molar-refractivity contribution in [3.8, 4) is 0 Å². The minimum absolute atomic E-state index is 0.0258. The van der Waals surface area contributed by atoms with Crippen LogP contribution < -0.4 is 5.32 Å². The summed E-state index contributed by atoms with van der Waals surface area (Å²) < 4.78 is 42.0. The Balaban J connectivity index is 1.57. The van der Waals surface area contributed by atoms with Gasteiger partial charge in [0.05, 0.1) is 24.8 Å². The summed E-state index contributed by atoms with van der Waals surface area (Å²) in [6.45, 7) is -0.702. The predicted molar refractivity (Wildman–Crippen MR) is 116 cm³/mol. The number of hydrogen-bond donors (Lipinski definition) is 3. The van der Waals surface area contributed by atoms with Gasteiger partial charge < -0.3 is 20.4 Å². The van der Waals surface area contributed by atoms with Crippen molar-refractivity contribution in [3.63, 3.8) is 0 Å². The first-order chi connectivity index (χ1) is 16.2. The molecule has 0 unspecified atom stereocenters. The molecule has 2 amide bonds. The van der Waals surface area contributed by atoms with Crippen molar-refractivity contribution >= 4 is 17.6 Å². The first-order valence-electron chi connectivity index (χ1n) is 11.3. The van der Waals surface area contributed by atoms with E-state index >= 15 is 0 Å². The Morgan fingerprint density at radius 2 is 1.97 bits per heavy atom. The highest BCUT2D eigenvalue weighted by Gasteiger charge is 2.43. The van der Waals surface area contributed by atoms with Crippen LogP contribution >= 0.6 is 0 Å². The van der Waals surface area contributed by atoms with Gasteiger partial charge in [0.15, 0.2) is 5.82 Å². The maximum absolute atomic E-state index is 13.5. The predicted octanol–water partition coefficient (Wildman–Crippen LogP) is 2.80. The van der Waals surface area contributed by atoms with Crippen LogP contribution in [0.3, 0.4) is 0 Å². The number of anilines is 1. The fourth-order valence-electron chi connectivity index (χ4n) is 4.82. The smallest absolute Gasteiger partial charge is 0.394 e. The zero-order valence-corrected chi connectivity index (χ0v) is 18.5. The Kier molecular flexibility index (Phi) is 6.94. The lowest BCUT2D eigenvalue weighted by atomic mass is 9.96. The highest BCUT2D eigenvalue weighted by molar-refractivity contribution is 6.03. The summed E-state index contributed by atoms with van der Waals surface area (Å²) >= 11 is 0. The second kappa shape index (κ2) is 9.75. The number of aliphatic hydroxyl groups is 2. The molecule has 11 heteroatoms. The summed E-state index contributed by atoms with van der Waals surface area (Å²) in [5, 5.41) is 25.4. The third kappa shape index (κ3) is 5.10. The number of alkyl halides is 3. The quantitative estimate of drug-likeness (QED) is 0.539. The fourth-order valence-corrected chi connectivity index (χ4v) is 4.82. The first-order valence-corrected chi connectivity index (χ1v) is 11.3. The fraction of sp³-hybridized carbons (Fsp3) is 0.522. The molecular weight excluding hydrogens is 453 g/mol. The van der Waals surface area contributed by atoms with Crippen LogP contribution in [0.2, 0.25) is 0 Å². The van der Waals surface area contributed by atoms with Gasteiger partial charge in [-0.1, -0.05) is 31.7 Å². The van der Waals surface area contributed by atoms with Gasteiger partial charge in [0.1, 0.15) is 6.04 Å². The van der Waals surface area contributed by atoms with Crippen LogP contribution in [0.4, 0.5) is 19.0 Å². The van der Waals surface area contributed by atoms with E-state index in [4.69, 9.17) is 5.11 Å². The molecule has 2 aliphatic rings. The van der Waals surface area contributed by atoms with Crippen LogP contribution in [-0.4, -0.2) is 55.5 Å². The number of carbonyl (C=O) groups is 2. The maximum Gasteiger partial charge on any atom is 0.416 e. The van der Waals surface area contributed by atoms with Gasteiger partial charge in [-0.25, -0.2) is 0 Å². The first kappa shape index (κ1) is 24.2. The van der Waals surface area contributed by atoms with E-state index in [1.807, 2.05) is 0 Å². The second-order valence-electron chi connectivity index (χ2n) is 8.91. The molecule has 3 N–H and O–H groups in total. The molecule has 1 aliphatic heterocycles. The third-order valence-corrected chi connectivity index (χ3v) is 6.51. The summed E-state index contributed by atoms with van der Waals surface area (Å²) in [6.07, 6.45) is 0.106. The molecule has 1 aromatic heterocycles. The number of hydrogen-bond acceptors (Lipinski definition) is 5. The van der Waals surface area contributed by atoms with Gasteiger partial charge in [0, 0.05) is 24.4 Å². The van der Waals surface area contributed by atoms with Gasteiger partial charge in [-0.2, -0.15) is 18.3 Å². The SMILES string of the molecule is O=C(Nc1ccn(C[C@@H](O)CO)n1)[C@H](CC1CCCC1)N1Cc2c(cccc2C(F)(F)F)C1=O. The zero-order valence-electron chi connectivity index (χ0n) is 18.5. The second-order valence-corrected chi connectivity index (χ2v) is 8.91. The number of aromatic nitrogens is 2. The van der Waals surface area contributed by atoms with Crippen LogP contribution in [0.5, 0.6) is 0 Å². The number of fused-ring (bicyclic) bond motifs is 1. The maximum atomic E-state index is 13.5.